The summed E-state index contributed by atoms with van der Waals surface area (Å²) in [5.74, 6) is 0.561. The number of rotatable bonds is 4. The van der Waals surface area contributed by atoms with Crippen LogP contribution in [0.25, 0.3) is 5.65 Å². The third-order valence-corrected chi connectivity index (χ3v) is 2.57. The number of hydrogen-bond donors (Lipinski definition) is 2. The SMILES string of the molecule is CC(C)CC(N)Cc1ccc2n[nH]c(=O)n2n1. The van der Waals surface area contributed by atoms with Crippen LogP contribution < -0.4 is 11.4 Å². The van der Waals surface area contributed by atoms with Crippen LogP contribution in [0.2, 0.25) is 0 Å². The highest BCUT2D eigenvalue weighted by atomic mass is 16.2. The summed E-state index contributed by atoms with van der Waals surface area (Å²) in [5, 5.41) is 10.4. The lowest BCUT2D eigenvalue weighted by Crippen LogP contribution is -2.26. The predicted octanol–water partition coefficient (Wildman–Crippen LogP) is 0.334. The Morgan fingerprint density at radius 1 is 1.47 bits per heavy atom. The molecule has 0 spiro atoms. The number of nitrogens with one attached hydrogen (secondary N) is 1. The van der Waals surface area contributed by atoms with Crippen LogP contribution in [0.15, 0.2) is 16.9 Å². The molecule has 2 heterocycles. The van der Waals surface area contributed by atoms with Gasteiger partial charge in [-0.25, -0.2) is 9.89 Å². The Hall–Kier alpha value is -1.69. The topological polar surface area (TPSA) is 89.1 Å². The van der Waals surface area contributed by atoms with E-state index in [0.29, 0.717) is 18.0 Å². The minimum atomic E-state index is -0.320. The van der Waals surface area contributed by atoms with Crippen LogP contribution in [0.1, 0.15) is 26.0 Å². The summed E-state index contributed by atoms with van der Waals surface area (Å²) in [5.41, 5.74) is 7.03. The number of H-pyrrole nitrogens is 1. The average Bonchev–Trinajstić information content (AvgIpc) is 2.59. The van der Waals surface area contributed by atoms with E-state index in [1.807, 2.05) is 6.07 Å². The zero-order valence-electron chi connectivity index (χ0n) is 10.1. The van der Waals surface area contributed by atoms with Crippen LogP contribution in [0.5, 0.6) is 0 Å². The lowest BCUT2D eigenvalue weighted by molar-refractivity contribution is 0.488. The van der Waals surface area contributed by atoms with Gasteiger partial charge in [-0.05, 0) is 24.5 Å². The van der Waals surface area contributed by atoms with Gasteiger partial charge in [0, 0.05) is 12.5 Å². The number of nitrogens with zero attached hydrogens (tertiary/aromatic N) is 3. The van der Waals surface area contributed by atoms with Gasteiger partial charge in [-0.2, -0.15) is 14.7 Å². The molecule has 0 amide bonds. The van der Waals surface area contributed by atoms with Gasteiger partial charge >= 0.3 is 5.69 Å². The second-order valence-electron chi connectivity index (χ2n) is 4.72. The van der Waals surface area contributed by atoms with Gasteiger partial charge in [0.15, 0.2) is 5.65 Å². The Bertz CT molecular complexity index is 556. The van der Waals surface area contributed by atoms with Crippen LogP contribution in [-0.4, -0.2) is 25.9 Å². The fourth-order valence-electron chi connectivity index (χ4n) is 1.91. The molecule has 1 unspecified atom stereocenters. The number of hydrogen-bond acceptors (Lipinski definition) is 4. The first-order chi connectivity index (χ1) is 8.06. The summed E-state index contributed by atoms with van der Waals surface area (Å²) in [6.45, 7) is 4.27. The van der Waals surface area contributed by atoms with Gasteiger partial charge in [-0.15, -0.1) is 0 Å². The van der Waals surface area contributed by atoms with Crippen molar-refractivity contribution < 1.29 is 0 Å². The molecule has 0 radical (unpaired) electrons. The van der Waals surface area contributed by atoms with E-state index in [9.17, 15) is 4.79 Å². The van der Waals surface area contributed by atoms with E-state index in [0.717, 1.165) is 12.1 Å². The highest BCUT2D eigenvalue weighted by Crippen LogP contribution is 2.07. The zero-order chi connectivity index (χ0) is 12.4. The van der Waals surface area contributed by atoms with Crippen molar-refractivity contribution in [3.05, 3.63) is 28.3 Å². The summed E-state index contributed by atoms with van der Waals surface area (Å²) in [6, 6.07) is 3.69. The van der Waals surface area contributed by atoms with E-state index in [4.69, 9.17) is 5.73 Å². The molecule has 3 N–H and O–H groups in total. The fourth-order valence-corrected chi connectivity index (χ4v) is 1.91. The largest absolute Gasteiger partial charge is 0.364 e. The van der Waals surface area contributed by atoms with Crippen LogP contribution >= 0.6 is 0 Å². The quantitative estimate of drug-likeness (QED) is 0.799. The highest BCUT2D eigenvalue weighted by Gasteiger charge is 2.09. The fraction of sp³-hybridized carbons (Fsp3) is 0.545. The number of aromatic nitrogens is 4. The molecule has 6 heteroatoms. The van der Waals surface area contributed by atoms with Crippen molar-refractivity contribution in [3.63, 3.8) is 0 Å². The van der Waals surface area contributed by atoms with Crippen LogP contribution in [0.3, 0.4) is 0 Å². The molecule has 0 saturated heterocycles. The van der Waals surface area contributed by atoms with E-state index in [2.05, 4.69) is 29.1 Å². The lowest BCUT2D eigenvalue weighted by Gasteiger charge is -2.13. The van der Waals surface area contributed by atoms with Crippen molar-refractivity contribution in [2.24, 2.45) is 11.7 Å². The zero-order valence-corrected chi connectivity index (χ0v) is 10.1. The van der Waals surface area contributed by atoms with Gasteiger partial charge in [0.1, 0.15) is 0 Å². The van der Waals surface area contributed by atoms with E-state index in [1.165, 1.54) is 4.52 Å². The van der Waals surface area contributed by atoms with Gasteiger partial charge in [0.05, 0.1) is 5.69 Å². The van der Waals surface area contributed by atoms with Crippen molar-refractivity contribution >= 4 is 5.65 Å². The minimum Gasteiger partial charge on any atom is -0.327 e. The third kappa shape index (κ3) is 2.71. The molecule has 0 aliphatic carbocycles. The maximum Gasteiger partial charge on any atom is 0.364 e. The monoisotopic (exact) mass is 235 g/mol. The second kappa shape index (κ2) is 4.67. The second-order valence-corrected chi connectivity index (χ2v) is 4.72. The molecule has 0 bridgehead atoms. The standard InChI is InChI=1S/C11H17N5O/c1-7(2)5-8(12)6-9-3-4-10-13-14-11(17)16(10)15-9/h3-4,7-8H,5-6,12H2,1-2H3,(H,14,17). The Balaban J connectivity index is 2.19. The highest BCUT2D eigenvalue weighted by molar-refractivity contribution is 5.34. The Kier molecular flexibility index (Phi) is 3.23. The lowest BCUT2D eigenvalue weighted by atomic mass is 10.0. The molecule has 0 aliphatic rings. The van der Waals surface area contributed by atoms with E-state index in [1.54, 1.807) is 6.07 Å². The van der Waals surface area contributed by atoms with Gasteiger partial charge in [0.2, 0.25) is 0 Å². The summed E-state index contributed by atoms with van der Waals surface area (Å²) in [4.78, 5) is 11.3. The smallest absolute Gasteiger partial charge is 0.327 e. The first-order valence-corrected chi connectivity index (χ1v) is 5.75. The molecule has 1 atom stereocenters. The van der Waals surface area contributed by atoms with Crippen LogP contribution in [0.4, 0.5) is 0 Å². The molecule has 0 saturated carbocycles. The Morgan fingerprint density at radius 3 is 2.94 bits per heavy atom. The molecular weight excluding hydrogens is 218 g/mol. The summed E-state index contributed by atoms with van der Waals surface area (Å²) < 4.78 is 1.26. The maximum absolute atomic E-state index is 11.3. The summed E-state index contributed by atoms with van der Waals surface area (Å²) >= 11 is 0. The molecule has 2 rings (SSSR count). The molecule has 2 aromatic rings. The van der Waals surface area contributed by atoms with E-state index < -0.39 is 0 Å². The van der Waals surface area contributed by atoms with Crippen molar-refractivity contribution in [3.8, 4) is 0 Å². The Morgan fingerprint density at radius 2 is 2.24 bits per heavy atom. The molecule has 2 aromatic heterocycles. The molecular formula is C11H17N5O. The number of aromatic amines is 1. The van der Waals surface area contributed by atoms with Gasteiger partial charge in [-0.3, -0.25) is 0 Å². The van der Waals surface area contributed by atoms with Crippen molar-refractivity contribution in [2.45, 2.75) is 32.7 Å². The Labute approximate surface area is 98.8 Å². The molecule has 17 heavy (non-hydrogen) atoms. The van der Waals surface area contributed by atoms with Crippen molar-refractivity contribution in [2.75, 3.05) is 0 Å². The first kappa shape index (κ1) is 11.8. The molecule has 0 fully saturated rings. The molecule has 0 aromatic carbocycles. The number of nitrogens with two attached hydrogens (primary N) is 1. The summed E-state index contributed by atoms with van der Waals surface area (Å²) in [7, 11) is 0. The molecule has 92 valence electrons. The normalized spacial score (nSPS) is 13.4. The van der Waals surface area contributed by atoms with Gasteiger partial charge in [0.25, 0.3) is 0 Å². The van der Waals surface area contributed by atoms with Crippen LogP contribution in [-0.2, 0) is 6.42 Å². The average molecular weight is 235 g/mol. The van der Waals surface area contributed by atoms with E-state index in [-0.39, 0.29) is 11.7 Å². The van der Waals surface area contributed by atoms with Gasteiger partial charge in [-0.1, -0.05) is 13.8 Å². The minimum absolute atomic E-state index is 0.0718. The van der Waals surface area contributed by atoms with Crippen LogP contribution in [0, 0.1) is 5.92 Å². The first-order valence-electron chi connectivity index (χ1n) is 5.75. The van der Waals surface area contributed by atoms with Gasteiger partial charge < -0.3 is 5.73 Å². The number of fused-ring (bicyclic) bond motifs is 1. The maximum atomic E-state index is 11.3. The van der Waals surface area contributed by atoms with Crippen molar-refractivity contribution in [1.29, 1.82) is 0 Å². The van der Waals surface area contributed by atoms with E-state index >= 15 is 0 Å². The predicted molar refractivity (Wildman–Crippen MR) is 64.7 cm³/mol. The van der Waals surface area contributed by atoms with Crippen molar-refractivity contribution in [1.82, 2.24) is 19.8 Å². The summed E-state index contributed by atoms with van der Waals surface area (Å²) in [6.07, 6.45) is 1.62. The molecule has 6 nitrogen and oxygen atoms in total. The molecule has 0 aliphatic heterocycles. The third-order valence-electron chi connectivity index (χ3n) is 2.57.